The maximum atomic E-state index is 5.65. The molecule has 3 heterocycles. The van der Waals surface area contributed by atoms with Crippen LogP contribution in [0.25, 0.3) is 11.1 Å². The Morgan fingerprint density at radius 3 is 2.50 bits per heavy atom. The predicted molar refractivity (Wildman–Crippen MR) is 130 cm³/mol. The van der Waals surface area contributed by atoms with Gasteiger partial charge in [-0.2, -0.15) is 4.98 Å². The van der Waals surface area contributed by atoms with Gasteiger partial charge in [-0.15, -0.1) is 0 Å². The van der Waals surface area contributed by atoms with E-state index in [-0.39, 0.29) is 0 Å². The summed E-state index contributed by atoms with van der Waals surface area (Å²) in [6, 6.07) is 12.3. The topological polar surface area (TPSA) is 72.3 Å². The van der Waals surface area contributed by atoms with Crippen molar-refractivity contribution < 1.29 is 4.74 Å². The van der Waals surface area contributed by atoms with Crippen molar-refractivity contribution >= 4 is 23.2 Å². The van der Waals surface area contributed by atoms with Crippen LogP contribution >= 0.6 is 0 Å². The molecule has 0 amide bonds. The van der Waals surface area contributed by atoms with E-state index in [1.165, 1.54) is 6.42 Å². The van der Waals surface area contributed by atoms with Gasteiger partial charge in [0.2, 0.25) is 0 Å². The summed E-state index contributed by atoms with van der Waals surface area (Å²) in [6.07, 6.45) is 7.85. The van der Waals surface area contributed by atoms with E-state index in [0.717, 1.165) is 58.9 Å². The highest BCUT2D eigenvalue weighted by Crippen LogP contribution is 2.30. The fourth-order valence-corrected chi connectivity index (χ4v) is 3.69. The number of pyridine rings is 1. The number of hydrogen-bond donors (Lipinski definition) is 1. The number of aliphatic imine (C=N–C) groups is 1. The Labute approximate surface area is 190 Å². The van der Waals surface area contributed by atoms with Crippen molar-refractivity contribution in [2.45, 2.75) is 59.7 Å². The summed E-state index contributed by atoms with van der Waals surface area (Å²) in [5.74, 6) is 2.00. The van der Waals surface area contributed by atoms with Crippen molar-refractivity contribution in [1.29, 1.82) is 0 Å². The lowest BCUT2D eigenvalue weighted by molar-refractivity contribution is 0.133. The van der Waals surface area contributed by atoms with Crippen LogP contribution in [0, 0.1) is 5.92 Å². The number of aromatic nitrogens is 3. The molecule has 1 N–H and O–H groups in total. The van der Waals surface area contributed by atoms with Crippen LogP contribution in [-0.2, 0) is 18.0 Å². The van der Waals surface area contributed by atoms with Crippen LogP contribution in [-0.4, -0.2) is 20.7 Å². The molecule has 2 aromatic heterocycles. The fourth-order valence-electron chi connectivity index (χ4n) is 3.69. The van der Waals surface area contributed by atoms with E-state index in [1.807, 2.05) is 12.1 Å². The fraction of sp³-hybridized carbons (Fsp3) is 0.385. The van der Waals surface area contributed by atoms with Gasteiger partial charge in [0.25, 0.3) is 5.95 Å². The number of fused-ring (bicyclic) bond motifs is 1. The number of benzene rings is 1. The SMILES string of the molecule is CC/C(CCC(C)CC)=N\c1nc2c(c(Nc3ccc(-c4ccncc4)cc3)n1)COC2. The second kappa shape index (κ2) is 10.5. The first-order chi connectivity index (χ1) is 15.7. The molecule has 3 aromatic rings. The van der Waals surface area contributed by atoms with Gasteiger partial charge >= 0.3 is 0 Å². The second-order valence-electron chi connectivity index (χ2n) is 8.31. The average molecular weight is 430 g/mol. The monoisotopic (exact) mass is 429 g/mol. The molecule has 6 nitrogen and oxygen atoms in total. The Morgan fingerprint density at radius 2 is 1.78 bits per heavy atom. The molecule has 1 aliphatic heterocycles. The number of ether oxygens (including phenoxy) is 1. The molecule has 4 rings (SSSR count). The maximum Gasteiger partial charge on any atom is 0.251 e. The minimum atomic E-state index is 0.504. The van der Waals surface area contributed by atoms with Crippen LogP contribution in [0.15, 0.2) is 53.8 Å². The van der Waals surface area contributed by atoms with E-state index in [4.69, 9.17) is 14.7 Å². The molecular formula is C26H31N5O. The summed E-state index contributed by atoms with van der Waals surface area (Å²) in [7, 11) is 0. The Bertz CT molecular complexity index is 1060. The number of nitrogens with one attached hydrogen (secondary N) is 1. The lowest BCUT2D eigenvalue weighted by atomic mass is 10.00. The van der Waals surface area contributed by atoms with E-state index in [1.54, 1.807) is 12.4 Å². The van der Waals surface area contributed by atoms with Gasteiger partial charge in [0, 0.05) is 29.4 Å². The molecule has 0 saturated carbocycles. The van der Waals surface area contributed by atoms with E-state index in [0.29, 0.717) is 25.1 Å². The maximum absolute atomic E-state index is 5.65. The quantitative estimate of drug-likeness (QED) is 0.387. The molecule has 1 atom stereocenters. The van der Waals surface area contributed by atoms with Crippen LogP contribution in [0.3, 0.4) is 0 Å². The second-order valence-corrected chi connectivity index (χ2v) is 8.31. The number of rotatable bonds is 9. The molecular weight excluding hydrogens is 398 g/mol. The molecule has 6 heteroatoms. The van der Waals surface area contributed by atoms with Crippen molar-refractivity contribution in [3.05, 3.63) is 60.0 Å². The molecule has 166 valence electrons. The molecule has 0 aliphatic carbocycles. The third kappa shape index (κ3) is 5.37. The highest BCUT2D eigenvalue weighted by atomic mass is 16.5. The van der Waals surface area contributed by atoms with Crippen LogP contribution in [0.2, 0.25) is 0 Å². The van der Waals surface area contributed by atoms with E-state index in [2.05, 4.69) is 60.3 Å². The molecule has 32 heavy (non-hydrogen) atoms. The van der Waals surface area contributed by atoms with Crippen molar-refractivity contribution in [2.24, 2.45) is 10.9 Å². The summed E-state index contributed by atoms with van der Waals surface area (Å²) in [4.78, 5) is 18.3. The molecule has 0 spiro atoms. The number of anilines is 2. The Balaban J connectivity index is 1.56. The third-order valence-corrected chi connectivity index (χ3v) is 6.02. The Hall–Kier alpha value is -3.12. The molecule has 1 unspecified atom stereocenters. The first kappa shape index (κ1) is 22.1. The van der Waals surface area contributed by atoms with E-state index in [9.17, 15) is 0 Å². The first-order valence-electron chi connectivity index (χ1n) is 11.5. The summed E-state index contributed by atoms with van der Waals surface area (Å²) in [6.45, 7) is 7.70. The third-order valence-electron chi connectivity index (χ3n) is 6.02. The zero-order valence-corrected chi connectivity index (χ0v) is 19.1. The van der Waals surface area contributed by atoms with Gasteiger partial charge in [0.15, 0.2) is 0 Å². The Morgan fingerprint density at radius 1 is 1.03 bits per heavy atom. The van der Waals surface area contributed by atoms with Gasteiger partial charge in [-0.1, -0.05) is 39.3 Å². The van der Waals surface area contributed by atoms with Crippen LogP contribution in [0.4, 0.5) is 17.5 Å². The van der Waals surface area contributed by atoms with Crippen LogP contribution in [0.5, 0.6) is 0 Å². The van der Waals surface area contributed by atoms with Crippen LogP contribution in [0.1, 0.15) is 57.7 Å². The number of nitrogens with zero attached hydrogens (tertiary/aromatic N) is 4. The van der Waals surface area contributed by atoms with Crippen LogP contribution < -0.4 is 5.32 Å². The Kier molecular flexibility index (Phi) is 7.22. The van der Waals surface area contributed by atoms with Crippen molar-refractivity contribution in [3.63, 3.8) is 0 Å². The largest absolute Gasteiger partial charge is 0.370 e. The van der Waals surface area contributed by atoms with Gasteiger partial charge in [-0.25, -0.2) is 9.98 Å². The first-order valence-corrected chi connectivity index (χ1v) is 11.5. The van der Waals surface area contributed by atoms with E-state index >= 15 is 0 Å². The lowest BCUT2D eigenvalue weighted by Crippen LogP contribution is -2.04. The van der Waals surface area contributed by atoms with Crippen molar-refractivity contribution in [2.75, 3.05) is 5.32 Å². The van der Waals surface area contributed by atoms with Gasteiger partial charge in [-0.3, -0.25) is 4.98 Å². The van der Waals surface area contributed by atoms with E-state index < -0.39 is 0 Å². The molecule has 0 saturated heterocycles. The normalized spacial score (nSPS) is 14.3. The standard InChI is InChI=1S/C26H31N5O/c1-4-18(3)6-9-21(5-2)29-26-30-24-17-32-16-23(24)25(31-26)28-22-10-7-19(8-11-22)20-12-14-27-15-13-20/h7-8,10-15,18H,4-6,9,16-17H2,1-3H3,(H,28,30,31)/b29-21+. The summed E-state index contributed by atoms with van der Waals surface area (Å²) >= 11 is 0. The smallest absolute Gasteiger partial charge is 0.251 e. The molecule has 0 bridgehead atoms. The van der Waals surface area contributed by atoms with Gasteiger partial charge < -0.3 is 10.1 Å². The van der Waals surface area contributed by atoms with Gasteiger partial charge in [-0.05, 0) is 60.6 Å². The minimum absolute atomic E-state index is 0.504. The highest BCUT2D eigenvalue weighted by Gasteiger charge is 2.20. The van der Waals surface area contributed by atoms with Gasteiger partial charge in [0.05, 0.1) is 18.9 Å². The molecule has 1 aromatic carbocycles. The molecule has 1 aliphatic rings. The summed E-state index contributed by atoms with van der Waals surface area (Å²) in [5.41, 5.74) is 6.35. The minimum Gasteiger partial charge on any atom is -0.370 e. The number of hydrogen-bond acceptors (Lipinski definition) is 6. The van der Waals surface area contributed by atoms with Gasteiger partial charge in [0.1, 0.15) is 5.82 Å². The zero-order valence-electron chi connectivity index (χ0n) is 19.1. The lowest BCUT2D eigenvalue weighted by Gasteiger charge is -2.12. The molecule has 0 fully saturated rings. The average Bonchev–Trinajstić information content (AvgIpc) is 3.31. The van der Waals surface area contributed by atoms with Crippen molar-refractivity contribution in [3.8, 4) is 11.1 Å². The highest BCUT2D eigenvalue weighted by molar-refractivity contribution is 5.86. The summed E-state index contributed by atoms with van der Waals surface area (Å²) < 4.78 is 5.65. The molecule has 0 radical (unpaired) electrons. The predicted octanol–water partition coefficient (Wildman–Crippen LogP) is 6.62. The van der Waals surface area contributed by atoms with Crippen molar-refractivity contribution in [1.82, 2.24) is 15.0 Å². The zero-order chi connectivity index (χ0) is 22.3. The summed E-state index contributed by atoms with van der Waals surface area (Å²) in [5, 5.41) is 3.46.